The first-order chi connectivity index (χ1) is 18.3. The number of piperidine rings is 1. The molecule has 0 radical (unpaired) electrons. The number of anilines is 2. The molecule has 38 heavy (non-hydrogen) atoms. The molecule has 1 saturated heterocycles. The molecule has 0 saturated carbocycles. The van der Waals surface area contributed by atoms with Crippen LogP contribution in [0.25, 0.3) is 0 Å². The third-order valence-corrected chi connectivity index (χ3v) is 7.07. The standard InChI is InChI=1S/C15H15N3O.C14H19F3N2/c1-11-7-18(14-5-16-10-17-6-14)8-13-4-12(9-19)2-3-15(11)13;1-18-13-8-11(7-12(9-13)14(15,16)17)10-19-5-3-2-4-6-19/h2-6,9-11H,7-8H2,1H3;7-9,18H,2-6,10H2,1H3. The number of hydrogen-bond acceptors (Lipinski definition) is 6. The van der Waals surface area contributed by atoms with E-state index in [9.17, 15) is 18.0 Å². The van der Waals surface area contributed by atoms with Crippen molar-refractivity contribution in [2.45, 2.75) is 51.4 Å². The van der Waals surface area contributed by atoms with Crippen molar-refractivity contribution in [2.24, 2.45) is 0 Å². The molecular formula is C29H34F3N5O. The molecule has 1 atom stereocenters. The Morgan fingerprint density at radius 2 is 1.79 bits per heavy atom. The van der Waals surface area contributed by atoms with E-state index in [0.717, 1.165) is 68.2 Å². The Kier molecular flexibility index (Phi) is 8.99. The molecule has 2 aliphatic rings. The van der Waals surface area contributed by atoms with E-state index in [-0.39, 0.29) is 0 Å². The predicted octanol–water partition coefficient (Wildman–Crippen LogP) is 6.15. The molecule has 5 rings (SSSR count). The first kappa shape index (κ1) is 27.6. The van der Waals surface area contributed by atoms with Gasteiger partial charge in [-0.25, -0.2) is 9.97 Å². The Labute approximate surface area is 221 Å². The summed E-state index contributed by atoms with van der Waals surface area (Å²) in [4.78, 5) is 23.5. The monoisotopic (exact) mass is 525 g/mol. The Morgan fingerprint density at radius 1 is 1.05 bits per heavy atom. The maximum Gasteiger partial charge on any atom is 0.416 e. The van der Waals surface area contributed by atoms with Crippen LogP contribution >= 0.6 is 0 Å². The molecule has 3 heterocycles. The predicted molar refractivity (Wildman–Crippen MR) is 143 cm³/mol. The summed E-state index contributed by atoms with van der Waals surface area (Å²) >= 11 is 0. The molecular weight excluding hydrogens is 491 g/mol. The smallest absolute Gasteiger partial charge is 0.388 e. The summed E-state index contributed by atoms with van der Waals surface area (Å²) in [5.74, 6) is 0.435. The maximum atomic E-state index is 12.8. The van der Waals surface area contributed by atoms with Crippen LogP contribution in [-0.4, -0.2) is 47.8 Å². The molecule has 202 valence electrons. The number of rotatable bonds is 5. The van der Waals surface area contributed by atoms with E-state index in [1.165, 1.54) is 29.9 Å². The van der Waals surface area contributed by atoms with Crippen LogP contribution in [-0.2, 0) is 19.3 Å². The van der Waals surface area contributed by atoms with Crippen LogP contribution in [0.15, 0.2) is 55.1 Å². The van der Waals surface area contributed by atoms with Crippen LogP contribution in [0.2, 0.25) is 0 Å². The van der Waals surface area contributed by atoms with E-state index in [2.05, 4.69) is 38.1 Å². The average Bonchev–Trinajstić information content (AvgIpc) is 2.93. The number of aldehydes is 1. The molecule has 0 bridgehead atoms. The number of likely N-dealkylation sites (tertiary alicyclic amines) is 1. The topological polar surface area (TPSA) is 61.4 Å². The van der Waals surface area contributed by atoms with Crippen molar-refractivity contribution in [3.05, 3.63) is 82.9 Å². The molecule has 6 nitrogen and oxygen atoms in total. The molecule has 2 aromatic carbocycles. The zero-order chi connectivity index (χ0) is 27.1. The average molecular weight is 526 g/mol. The zero-order valence-electron chi connectivity index (χ0n) is 21.8. The van der Waals surface area contributed by atoms with Gasteiger partial charge in [-0.05, 0) is 72.8 Å². The lowest BCUT2D eigenvalue weighted by Crippen LogP contribution is -2.32. The second-order valence-corrected chi connectivity index (χ2v) is 9.96. The van der Waals surface area contributed by atoms with Gasteiger partial charge in [0.25, 0.3) is 0 Å². The lowest BCUT2D eigenvalue weighted by atomic mass is 9.90. The summed E-state index contributed by atoms with van der Waals surface area (Å²) in [6, 6.07) is 10.2. The third-order valence-electron chi connectivity index (χ3n) is 7.07. The Hall–Kier alpha value is -3.46. The fraction of sp³-hybridized carbons (Fsp3) is 0.414. The molecule has 0 amide bonds. The third kappa shape index (κ3) is 7.10. The van der Waals surface area contributed by atoms with Gasteiger partial charge in [0, 0.05) is 37.9 Å². The number of halogens is 3. The van der Waals surface area contributed by atoms with Gasteiger partial charge in [-0.3, -0.25) is 9.69 Å². The summed E-state index contributed by atoms with van der Waals surface area (Å²) in [6.45, 7) is 6.50. The highest BCUT2D eigenvalue weighted by Crippen LogP contribution is 2.33. The Bertz CT molecular complexity index is 1210. The van der Waals surface area contributed by atoms with Crippen LogP contribution in [0.4, 0.5) is 24.5 Å². The van der Waals surface area contributed by atoms with Crippen LogP contribution < -0.4 is 10.2 Å². The number of carbonyl (C=O) groups excluding carboxylic acids is 1. The molecule has 2 aliphatic heterocycles. The summed E-state index contributed by atoms with van der Waals surface area (Å²) in [6.07, 6.45) is 5.30. The fourth-order valence-corrected chi connectivity index (χ4v) is 5.13. The number of fused-ring (bicyclic) bond motifs is 1. The van der Waals surface area contributed by atoms with Crippen LogP contribution in [0.3, 0.4) is 0 Å². The number of benzene rings is 2. The normalized spacial score (nSPS) is 17.7. The first-order valence-corrected chi connectivity index (χ1v) is 13.0. The van der Waals surface area contributed by atoms with Gasteiger partial charge in [0.2, 0.25) is 0 Å². The van der Waals surface area contributed by atoms with Crippen molar-refractivity contribution in [1.82, 2.24) is 14.9 Å². The summed E-state index contributed by atoms with van der Waals surface area (Å²) in [7, 11) is 1.64. The SMILES string of the molecule is CC1CN(c2cncnc2)Cc2cc(C=O)ccc21.CNc1cc(CN2CCCCC2)cc(C(F)(F)F)c1. The van der Waals surface area contributed by atoms with Crippen LogP contribution in [0.1, 0.15) is 64.7 Å². The number of nitrogens with one attached hydrogen (secondary N) is 1. The highest BCUT2D eigenvalue weighted by atomic mass is 19.4. The number of carbonyl (C=O) groups is 1. The van der Waals surface area contributed by atoms with Crippen molar-refractivity contribution >= 4 is 17.7 Å². The lowest BCUT2D eigenvalue weighted by Gasteiger charge is -2.34. The minimum Gasteiger partial charge on any atom is -0.388 e. The summed E-state index contributed by atoms with van der Waals surface area (Å²) in [5.41, 5.74) is 4.97. The van der Waals surface area contributed by atoms with E-state index in [1.54, 1.807) is 13.1 Å². The van der Waals surface area contributed by atoms with Crippen LogP contribution in [0.5, 0.6) is 0 Å². The van der Waals surface area contributed by atoms with E-state index in [4.69, 9.17) is 0 Å². The largest absolute Gasteiger partial charge is 0.416 e. The number of nitrogens with zero attached hydrogens (tertiary/aromatic N) is 4. The zero-order valence-corrected chi connectivity index (χ0v) is 21.8. The van der Waals surface area contributed by atoms with Gasteiger partial charge >= 0.3 is 6.18 Å². The highest BCUT2D eigenvalue weighted by molar-refractivity contribution is 5.75. The van der Waals surface area contributed by atoms with Gasteiger partial charge in [-0.2, -0.15) is 13.2 Å². The van der Waals surface area contributed by atoms with Crippen molar-refractivity contribution in [2.75, 3.05) is 36.9 Å². The quantitative estimate of drug-likeness (QED) is 0.404. The maximum absolute atomic E-state index is 12.8. The minimum absolute atomic E-state index is 0.435. The van der Waals surface area contributed by atoms with Gasteiger partial charge in [-0.1, -0.05) is 25.5 Å². The van der Waals surface area contributed by atoms with E-state index in [0.29, 0.717) is 18.2 Å². The van der Waals surface area contributed by atoms with Crippen molar-refractivity contribution in [3.8, 4) is 0 Å². The van der Waals surface area contributed by atoms with Crippen molar-refractivity contribution < 1.29 is 18.0 Å². The summed E-state index contributed by atoms with van der Waals surface area (Å²) < 4.78 is 38.5. The molecule has 1 N–H and O–H groups in total. The Morgan fingerprint density at radius 3 is 2.45 bits per heavy atom. The highest BCUT2D eigenvalue weighted by Gasteiger charge is 2.31. The first-order valence-electron chi connectivity index (χ1n) is 13.0. The minimum atomic E-state index is -4.29. The van der Waals surface area contributed by atoms with Crippen LogP contribution in [0, 0.1) is 0 Å². The number of aromatic nitrogens is 2. The lowest BCUT2D eigenvalue weighted by molar-refractivity contribution is -0.137. The molecule has 3 aromatic rings. The van der Waals surface area contributed by atoms with Crippen molar-refractivity contribution in [1.29, 1.82) is 0 Å². The Balaban J connectivity index is 0.000000177. The molecule has 1 unspecified atom stereocenters. The van der Waals surface area contributed by atoms with Gasteiger partial charge < -0.3 is 10.2 Å². The molecule has 9 heteroatoms. The van der Waals surface area contributed by atoms with Gasteiger partial charge in [0.05, 0.1) is 23.6 Å². The van der Waals surface area contributed by atoms with Crippen molar-refractivity contribution in [3.63, 3.8) is 0 Å². The second kappa shape index (κ2) is 12.4. The molecule has 0 spiro atoms. The van der Waals surface area contributed by atoms with E-state index >= 15 is 0 Å². The second-order valence-electron chi connectivity index (χ2n) is 9.96. The fourth-order valence-electron chi connectivity index (χ4n) is 5.13. The van der Waals surface area contributed by atoms with E-state index in [1.807, 2.05) is 24.5 Å². The number of hydrogen-bond donors (Lipinski definition) is 1. The molecule has 1 aromatic heterocycles. The van der Waals surface area contributed by atoms with Gasteiger partial charge in [-0.15, -0.1) is 0 Å². The van der Waals surface area contributed by atoms with Gasteiger partial charge in [0.1, 0.15) is 12.6 Å². The van der Waals surface area contributed by atoms with Gasteiger partial charge in [0.15, 0.2) is 0 Å². The number of alkyl halides is 3. The molecule has 1 fully saturated rings. The summed E-state index contributed by atoms with van der Waals surface area (Å²) in [5, 5.41) is 2.80. The molecule has 0 aliphatic carbocycles. The van der Waals surface area contributed by atoms with E-state index < -0.39 is 11.7 Å².